The third-order valence-corrected chi connectivity index (χ3v) is 7.46. The van der Waals surface area contributed by atoms with Crippen molar-refractivity contribution in [1.29, 1.82) is 0 Å². The van der Waals surface area contributed by atoms with Crippen molar-refractivity contribution in [2.45, 2.75) is 33.2 Å². The molecular formula is C18H27N3O3S. The van der Waals surface area contributed by atoms with E-state index in [9.17, 15) is 13.2 Å². The highest BCUT2D eigenvalue weighted by Crippen LogP contribution is 2.59. The highest BCUT2D eigenvalue weighted by Gasteiger charge is 2.62. The molecule has 2 heterocycles. The molecule has 1 aliphatic heterocycles. The fourth-order valence-corrected chi connectivity index (χ4v) is 5.72. The van der Waals surface area contributed by atoms with Crippen LogP contribution < -0.4 is 0 Å². The van der Waals surface area contributed by atoms with Crippen LogP contribution in [0.1, 0.15) is 32.4 Å². The smallest absolute Gasteiger partial charge is 0.226 e. The average Bonchev–Trinajstić information content (AvgIpc) is 3.04. The van der Waals surface area contributed by atoms with Gasteiger partial charge in [0.15, 0.2) is 0 Å². The fraction of sp³-hybridized carbons (Fsp3) is 0.667. The Labute approximate surface area is 150 Å². The maximum Gasteiger partial charge on any atom is 0.226 e. The average molecular weight is 365 g/mol. The predicted octanol–water partition coefficient (Wildman–Crippen LogP) is 1.74. The van der Waals surface area contributed by atoms with Crippen molar-refractivity contribution >= 4 is 15.9 Å². The van der Waals surface area contributed by atoms with Crippen molar-refractivity contribution in [2.24, 2.45) is 17.3 Å². The maximum absolute atomic E-state index is 12.7. The highest BCUT2D eigenvalue weighted by atomic mass is 32.2. The number of pyridine rings is 1. The molecule has 2 fully saturated rings. The van der Waals surface area contributed by atoms with Crippen LogP contribution in [0, 0.1) is 17.3 Å². The van der Waals surface area contributed by atoms with Crippen molar-refractivity contribution < 1.29 is 13.2 Å². The van der Waals surface area contributed by atoms with Crippen molar-refractivity contribution in [3.63, 3.8) is 0 Å². The summed E-state index contributed by atoms with van der Waals surface area (Å²) >= 11 is 0. The predicted molar refractivity (Wildman–Crippen MR) is 96.1 cm³/mol. The Balaban J connectivity index is 1.59. The summed E-state index contributed by atoms with van der Waals surface area (Å²) in [5.41, 5.74) is 0.722. The lowest BCUT2D eigenvalue weighted by Crippen LogP contribution is -2.34. The van der Waals surface area contributed by atoms with Gasteiger partial charge < -0.3 is 4.90 Å². The normalized spacial score (nSPS) is 26.3. The lowest BCUT2D eigenvalue weighted by Gasteiger charge is -2.20. The Kier molecular flexibility index (Phi) is 4.90. The molecule has 1 aromatic rings. The van der Waals surface area contributed by atoms with Crippen LogP contribution in [-0.2, 0) is 21.4 Å². The second-order valence-corrected chi connectivity index (χ2v) is 9.90. The second kappa shape index (κ2) is 6.68. The standard InChI is InChI=1S/C18H27N3O3S/c1-14(2)12-25(23,24)21-9-7-18(13-21)10-16(18)17(22)20(3)11-15-6-4-5-8-19-15/h4-6,8,14,16H,7,9-13H2,1-3H3. The summed E-state index contributed by atoms with van der Waals surface area (Å²) in [6.07, 6.45) is 3.31. The molecule has 6 nitrogen and oxygen atoms in total. The monoisotopic (exact) mass is 365 g/mol. The van der Waals surface area contributed by atoms with Crippen LogP contribution in [0.5, 0.6) is 0 Å². The Morgan fingerprint density at radius 2 is 2.20 bits per heavy atom. The first kappa shape index (κ1) is 18.3. The molecule has 2 atom stereocenters. The molecule has 0 bridgehead atoms. The molecule has 0 aromatic carbocycles. The summed E-state index contributed by atoms with van der Waals surface area (Å²) in [5.74, 6) is 0.346. The number of aromatic nitrogens is 1. The number of sulfonamides is 1. The quantitative estimate of drug-likeness (QED) is 0.770. The molecule has 1 saturated carbocycles. The number of nitrogens with zero attached hydrogens (tertiary/aromatic N) is 3. The summed E-state index contributed by atoms with van der Waals surface area (Å²) < 4.78 is 26.5. The lowest BCUT2D eigenvalue weighted by molar-refractivity contribution is -0.132. The van der Waals surface area contributed by atoms with Gasteiger partial charge in [0.2, 0.25) is 15.9 Å². The van der Waals surface area contributed by atoms with Crippen molar-refractivity contribution in [1.82, 2.24) is 14.2 Å². The van der Waals surface area contributed by atoms with E-state index in [0.29, 0.717) is 19.6 Å². The van der Waals surface area contributed by atoms with Crippen molar-refractivity contribution in [2.75, 3.05) is 25.9 Å². The number of hydrogen-bond donors (Lipinski definition) is 0. The third kappa shape index (κ3) is 3.87. The number of carbonyl (C=O) groups excluding carboxylic acids is 1. The van der Waals surface area contributed by atoms with Crippen LogP contribution >= 0.6 is 0 Å². The Hall–Kier alpha value is -1.47. The second-order valence-electron chi connectivity index (χ2n) is 7.89. The molecule has 7 heteroatoms. The summed E-state index contributed by atoms with van der Waals surface area (Å²) in [7, 11) is -1.41. The van der Waals surface area contributed by atoms with Gasteiger partial charge >= 0.3 is 0 Å². The van der Waals surface area contributed by atoms with Gasteiger partial charge in [-0.1, -0.05) is 19.9 Å². The van der Waals surface area contributed by atoms with E-state index < -0.39 is 10.0 Å². The lowest BCUT2D eigenvalue weighted by atomic mass is 10.0. The number of hydrogen-bond acceptors (Lipinski definition) is 4. The van der Waals surface area contributed by atoms with Crippen LogP contribution in [0.15, 0.2) is 24.4 Å². The van der Waals surface area contributed by atoms with E-state index in [4.69, 9.17) is 0 Å². The minimum absolute atomic E-state index is 0.0551. The molecule has 2 unspecified atom stereocenters. The van der Waals surface area contributed by atoms with Gasteiger partial charge in [0, 0.05) is 32.3 Å². The van der Waals surface area contributed by atoms with Gasteiger partial charge in [-0.3, -0.25) is 9.78 Å². The Morgan fingerprint density at radius 1 is 1.44 bits per heavy atom. The van der Waals surface area contributed by atoms with E-state index in [0.717, 1.165) is 18.5 Å². The van der Waals surface area contributed by atoms with Crippen molar-refractivity contribution in [3.05, 3.63) is 30.1 Å². The van der Waals surface area contributed by atoms with E-state index >= 15 is 0 Å². The molecule has 2 aliphatic rings. The van der Waals surface area contributed by atoms with E-state index in [1.54, 1.807) is 22.4 Å². The molecule has 3 rings (SSSR count). The van der Waals surface area contributed by atoms with Gasteiger partial charge in [-0.25, -0.2) is 12.7 Å². The van der Waals surface area contributed by atoms with Gasteiger partial charge in [-0.2, -0.15) is 0 Å². The zero-order valence-electron chi connectivity index (χ0n) is 15.2. The van der Waals surface area contributed by atoms with E-state index in [1.165, 1.54) is 0 Å². The molecule has 1 aromatic heterocycles. The molecule has 138 valence electrons. The summed E-state index contributed by atoms with van der Waals surface area (Å²) in [4.78, 5) is 18.7. The largest absolute Gasteiger partial charge is 0.340 e. The number of rotatable bonds is 6. The zero-order valence-corrected chi connectivity index (χ0v) is 16.0. The minimum atomic E-state index is -3.21. The maximum atomic E-state index is 12.7. The van der Waals surface area contributed by atoms with E-state index in [2.05, 4.69) is 4.98 Å². The van der Waals surface area contributed by atoms with E-state index in [-0.39, 0.29) is 28.9 Å². The minimum Gasteiger partial charge on any atom is -0.340 e. The topological polar surface area (TPSA) is 70.6 Å². The number of amides is 1. The Morgan fingerprint density at radius 3 is 2.84 bits per heavy atom. The highest BCUT2D eigenvalue weighted by molar-refractivity contribution is 7.89. The first-order chi connectivity index (χ1) is 11.7. The van der Waals surface area contributed by atoms with E-state index in [1.807, 2.05) is 32.0 Å². The Bertz CT molecular complexity index is 735. The fourth-order valence-electron chi connectivity index (χ4n) is 3.85. The molecule has 1 aliphatic carbocycles. The molecule has 25 heavy (non-hydrogen) atoms. The van der Waals surface area contributed by atoms with Gasteiger partial charge in [0.1, 0.15) is 0 Å². The SMILES string of the molecule is CC(C)CS(=O)(=O)N1CCC2(CC2C(=O)N(C)Cc2ccccn2)C1. The van der Waals surface area contributed by atoms with Gasteiger partial charge in [-0.05, 0) is 36.3 Å². The van der Waals surface area contributed by atoms with Gasteiger partial charge in [0.05, 0.1) is 18.0 Å². The number of carbonyl (C=O) groups is 1. The summed E-state index contributed by atoms with van der Waals surface area (Å²) in [5, 5.41) is 0. The van der Waals surface area contributed by atoms with Crippen LogP contribution in [0.2, 0.25) is 0 Å². The molecule has 0 radical (unpaired) electrons. The molecule has 0 N–H and O–H groups in total. The summed E-state index contributed by atoms with van der Waals surface area (Å²) in [6, 6.07) is 5.67. The molecule has 1 saturated heterocycles. The first-order valence-electron chi connectivity index (χ1n) is 8.86. The van der Waals surface area contributed by atoms with Gasteiger partial charge in [-0.15, -0.1) is 0 Å². The van der Waals surface area contributed by atoms with Crippen LogP contribution in [0.4, 0.5) is 0 Å². The third-order valence-electron chi connectivity index (χ3n) is 5.28. The van der Waals surface area contributed by atoms with Crippen LogP contribution in [0.3, 0.4) is 0 Å². The summed E-state index contributed by atoms with van der Waals surface area (Å²) in [6.45, 7) is 5.36. The van der Waals surface area contributed by atoms with Gasteiger partial charge in [0.25, 0.3) is 0 Å². The van der Waals surface area contributed by atoms with Crippen LogP contribution in [-0.4, -0.2) is 54.4 Å². The first-order valence-corrected chi connectivity index (χ1v) is 10.5. The zero-order chi connectivity index (χ0) is 18.2. The van der Waals surface area contributed by atoms with Crippen LogP contribution in [0.25, 0.3) is 0 Å². The molecule has 1 amide bonds. The molecule has 1 spiro atoms. The molecular weight excluding hydrogens is 338 g/mol. The van der Waals surface area contributed by atoms with Crippen molar-refractivity contribution in [3.8, 4) is 0 Å².